The third kappa shape index (κ3) is 8.08. The highest BCUT2D eigenvalue weighted by molar-refractivity contribution is 5.91. The van der Waals surface area contributed by atoms with Crippen LogP contribution in [0.15, 0.2) is 121 Å². The zero-order chi connectivity index (χ0) is 33.2. The van der Waals surface area contributed by atoms with Crippen molar-refractivity contribution in [2.75, 3.05) is 13.2 Å². The van der Waals surface area contributed by atoms with E-state index in [-0.39, 0.29) is 22.3 Å². The number of hydrogen-bond acceptors (Lipinski definition) is 11. The van der Waals surface area contributed by atoms with Crippen molar-refractivity contribution in [2.24, 2.45) is 0 Å². The summed E-state index contributed by atoms with van der Waals surface area (Å²) in [6, 6.07) is 32.0. The van der Waals surface area contributed by atoms with Crippen molar-refractivity contribution in [3.8, 4) is 0 Å². The molecule has 1 aliphatic rings. The third-order valence-electron chi connectivity index (χ3n) is 7.13. The minimum Gasteiger partial charge on any atom is -0.459 e. The average Bonchev–Trinajstić information content (AvgIpc) is 3.37. The Bertz CT molecular complexity index is 1640. The molecule has 47 heavy (non-hydrogen) atoms. The molecule has 240 valence electrons. The lowest BCUT2D eigenvalue weighted by Gasteiger charge is -2.33. The average molecular weight is 639 g/mol. The van der Waals surface area contributed by atoms with E-state index in [0.29, 0.717) is 0 Å². The summed E-state index contributed by atoms with van der Waals surface area (Å²) in [5, 5.41) is 0. The summed E-state index contributed by atoms with van der Waals surface area (Å²) < 4.78 is 34.6. The SMILES string of the molecule is CC(=O)O[C@H]1OC(COC(=O)c2ccccc2)(COC(=O)c2ccccc2)[C@@H](OC(=O)c2ccccc2)[C@H]1OC(=O)c1ccccc1. The zero-order valence-electron chi connectivity index (χ0n) is 25.2. The molecule has 1 fully saturated rings. The highest BCUT2D eigenvalue weighted by Gasteiger charge is 2.62. The Hall–Kier alpha value is -5.81. The summed E-state index contributed by atoms with van der Waals surface area (Å²) in [6.45, 7) is -0.241. The standard InChI is InChI=1S/C36H30O11/c1-24(37)44-35-29(45-33(40)27-18-10-4-11-19-27)30(46-34(41)28-20-12-5-13-21-28)36(47-35,22-42-31(38)25-14-6-2-7-15-25)23-43-32(39)26-16-8-3-9-17-26/h2-21,29-30,35H,22-23H2,1H3/t29-,30+,35+/m1/s1. The van der Waals surface area contributed by atoms with Crippen LogP contribution in [0.5, 0.6) is 0 Å². The topological polar surface area (TPSA) is 141 Å². The fourth-order valence-corrected chi connectivity index (χ4v) is 4.84. The normalized spacial score (nSPS) is 17.9. The molecule has 4 aromatic carbocycles. The number of rotatable bonds is 11. The Morgan fingerprint density at radius 2 is 0.894 bits per heavy atom. The van der Waals surface area contributed by atoms with Gasteiger partial charge in [-0.15, -0.1) is 0 Å². The van der Waals surface area contributed by atoms with Gasteiger partial charge >= 0.3 is 29.8 Å². The molecule has 11 heteroatoms. The molecule has 3 atom stereocenters. The van der Waals surface area contributed by atoms with E-state index in [1.54, 1.807) is 72.8 Å². The fraction of sp³-hybridized carbons (Fsp3) is 0.194. The third-order valence-corrected chi connectivity index (χ3v) is 7.13. The number of benzene rings is 4. The maximum absolute atomic E-state index is 13.5. The second-order valence-electron chi connectivity index (χ2n) is 10.5. The molecule has 0 amide bonds. The Morgan fingerprint density at radius 3 is 1.28 bits per heavy atom. The lowest BCUT2D eigenvalue weighted by molar-refractivity contribution is -0.211. The molecule has 4 aromatic rings. The van der Waals surface area contributed by atoms with Gasteiger partial charge in [0.1, 0.15) is 13.2 Å². The summed E-state index contributed by atoms with van der Waals surface area (Å²) >= 11 is 0. The van der Waals surface area contributed by atoms with Crippen LogP contribution in [0.4, 0.5) is 0 Å². The van der Waals surface area contributed by atoms with E-state index in [0.717, 1.165) is 6.92 Å². The van der Waals surface area contributed by atoms with Gasteiger partial charge in [0.2, 0.25) is 12.4 Å². The summed E-state index contributed by atoms with van der Waals surface area (Å²) in [5.41, 5.74) is -1.35. The Balaban J connectivity index is 1.55. The van der Waals surface area contributed by atoms with Crippen molar-refractivity contribution in [1.29, 1.82) is 0 Å². The molecule has 0 unspecified atom stereocenters. The van der Waals surface area contributed by atoms with Gasteiger partial charge in [0, 0.05) is 6.92 Å². The molecule has 0 radical (unpaired) electrons. The minimum absolute atomic E-state index is 0.132. The Morgan fingerprint density at radius 1 is 0.532 bits per heavy atom. The molecule has 1 heterocycles. The van der Waals surface area contributed by atoms with E-state index >= 15 is 0 Å². The van der Waals surface area contributed by atoms with Gasteiger partial charge in [-0.2, -0.15) is 0 Å². The maximum atomic E-state index is 13.5. The van der Waals surface area contributed by atoms with E-state index in [2.05, 4.69) is 0 Å². The van der Waals surface area contributed by atoms with E-state index in [9.17, 15) is 24.0 Å². The van der Waals surface area contributed by atoms with Crippen LogP contribution in [-0.2, 0) is 33.2 Å². The molecule has 0 saturated carbocycles. The monoisotopic (exact) mass is 638 g/mol. The summed E-state index contributed by atoms with van der Waals surface area (Å²) in [6.07, 6.45) is -4.89. The van der Waals surface area contributed by atoms with Gasteiger partial charge in [0.05, 0.1) is 22.3 Å². The number of carbonyl (C=O) groups is 5. The predicted octanol–water partition coefficient (Wildman–Crippen LogP) is 4.81. The van der Waals surface area contributed by atoms with E-state index in [1.165, 1.54) is 48.5 Å². The van der Waals surface area contributed by atoms with Gasteiger partial charge in [-0.1, -0.05) is 72.8 Å². The number of carbonyl (C=O) groups excluding carboxylic acids is 5. The Labute approximate surface area is 269 Å². The van der Waals surface area contributed by atoms with Crippen molar-refractivity contribution >= 4 is 29.8 Å². The number of hydrogen-bond donors (Lipinski definition) is 0. The molecule has 5 rings (SSSR count). The van der Waals surface area contributed by atoms with Gasteiger partial charge in [-0.05, 0) is 48.5 Å². The molecular weight excluding hydrogens is 608 g/mol. The van der Waals surface area contributed by atoms with E-state index < -0.39 is 67.2 Å². The van der Waals surface area contributed by atoms with Crippen molar-refractivity contribution in [1.82, 2.24) is 0 Å². The summed E-state index contributed by atoms with van der Waals surface area (Å²) in [7, 11) is 0. The van der Waals surface area contributed by atoms with Gasteiger partial charge in [0.25, 0.3) is 0 Å². The zero-order valence-corrected chi connectivity index (χ0v) is 25.2. The molecule has 0 aromatic heterocycles. The van der Waals surface area contributed by atoms with Gasteiger partial charge in [-0.25, -0.2) is 19.2 Å². The second kappa shape index (κ2) is 15.0. The Kier molecular flexibility index (Phi) is 10.4. The van der Waals surface area contributed by atoms with Crippen LogP contribution in [0.2, 0.25) is 0 Å². The fourth-order valence-electron chi connectivity index (χ4n) is 4.84. The highest BCUT2D eigenvalue weighted by atomic mass is 16.8. The van der Waals surface area contributed by atoms with Crippen molar-refractivity contribution in [2.45, 2.75) is 31.0 Å². The first-order chi connectivity index (χ1) is 22.8. The smallest absolute Gasteiger partial charge is 0.338 e. The summed E-state index contributed by atoms with van der Waals surface area (Å²) in [5.74, 6) is -4.08. The molecule has 0 aliphatic carbocycles. The maximum Gasteiger partial charge on any atom is 0.338 e. The van der Waals surface area contributed by atoms with Crippen LogP contribution in [0, 0.1) is 0 Å². The molecule has 0 N–H and O–H groups in total. The van der Waals surface area contributed by atoms with Crippen molar-refractivity contribution in [3.05, 3.63) is 144 Å². The predicted molar refractivity (Wildman–Crippen MR) is 164 cm³/mol. The molecule has 0 spiro atoms. The van der Waals surface area contributed by atoms with Crippen LogP contribution in [0.25, 0.3) is 0 Å². The molecule has 11 nitrogen and oxygen atoms in total. The first-order valence-corrected chi connectivity index (χ1v) is 14.6. The molecule has 1 aliphatic heterocycles. The lowest BCUT2D eigenvalue weighted by Crippen LogP contribution is -2.54. The van der Waals surface area contributed by atoms with E-state index in [1.807, 2.05) is 0 Å². The van der Waals surface area contributed by atoms with Gasteiger partial charge in [0.15, 0.2) is 11.7 Å². The van der Waals surface area contributed by atoms with Gasteiger partial charge < -0.3 is 28.4 Å². The number of esters is 5. The second-order valence-corrected chi connectivity index (χ2v) is 10.5. The first kappa shape index (κ1) is 32.6. The van der Waals surface area contributed by atoms with Crippen molar-refractivity contribution in [3.63, 3.8) is 0 Å². The van der Waals surface area contributed by atoms with Crippen LogP contribution in [0.3, 0.4) is 0 Å². The lowest BCUT2D eigenvalue weighted by atomic mass is 9.96. The first-order valence-electron chi connectivity index (χ1n) is 14.6. The number of ether oxygens (including phenoxy) is 6. The quantitative estimate of drug-likeness (QED) is 0.165. The van der Waals surface area contributed by atoms with Crippen LogP contribution < -0.4 is 0 Å². The van der Waals surface area contributed by atoms with Crippen LogP contribution >= 0.6 is 0 Å². The van der Waals surface area contributed by atoms with Crippen LogP contribution in [0.1, 0.15) is 48.4 Å². The van der Waals surface area contributed by atoms with E-state index in [4.69, 9.17) is 28.4 Å². The van der Waals surface area contributed by atoms with Gasteiger partial charge in [-0.3, -0.25) is 4.79 Å². The molecular formula is C36H30O11. The minimum atomic E-state index is -2.03. The summed E-state index contributed by atoms with van der Waals surface area (Å²) in [4.78, 5) is 65.2. The highest BCUT2D eigenvalue weighted by Crippen LogP contribution is 2.38. The largest absolute Gasteiger partial charge is 0.459 e. The van der Waals surface area contributed by atoms with Crippen molar-refractivity contribution < 1.29 is 52.4 Å². The van der Waals surface area contributed by atoms with Crippen LogP contribution in [-0.4, -0.2) is 67.2 Å². The molecule has 0 bridgehead atoms. The molecule has 1 saturated heterocycles.